The van der Waals surface area contributed by atoms with Crippen molar-refractivity contribution >= 4 is 17.6 Å². The maximum Gasteiger partial charge on any atom is 0.338 e. The van der Waals surface area contributed by atoms with Gasteiger partial charge in [0.1, 0.15) is 11.6 Å². The number of amides is 1. The molecule has 29 heavy (non-hydrogen) atoms. The second kappa shape index (κ2) is 9.09. The highest BCUT2D eigenvalue weighted by atomic mass is 19.1. The Hall–Kier alpha value is -3.55. The number of carbonyl (C=O) groups excluding carboxylic acids is 2. The lowest BCUT2D eigenvalue weighted by Gasteiger charge is -2.07. The van der Waals surface area contributed by atoms with Crippen molar-refractivity contribution in [3.63, 3.8) is 0 Å². The van der Waals surface area contributed by atoms with Crippen LogP contribution in [0.15, 0.2) is 53.1 Å². The fourth-order valence-corrected chi connectivity index (χ4v) is 2.66. The molecule has 1 heterocycles. The SMILES string of the molecule is CCOC(=O)c1cccc(NC(=O)CCc2ncc(-c3c(F)cccc3F)o2)c1. The van der Waals surface area contributed by atoms with Crippen LogP contribution in [0.2, 0.25) is 0 Å². The van der Waals surface area contributed by atoms with Crippen LogP contribution in [0, 0.1) is 11.6 Å². The molecular weight excluding hydrogens is 382 g/mol. The van der Waals surface area contributed by atoms with Crippen molar-refractivity contribution in [1.82, 2.24) is 4.98 Å². The second-order valence-corrected chi connectivity index (χ2v) is 6.06. The minimum Gasteiger partial charge on any atom is -0.462 e. The Morgan fingerprint density at radius 1 is 1.14 bits per heavy atom. The Labute approximate surface area is 165 Å². The van der Waals surface area contributed by atoms with Gasteiger partial charge in [0.25, 0.3) is 0 Å². The predicted molar refractivity (Wildman–Crippen MR) is 101 cm³/mol. The molecule has 0 aliphatic heterocycles. The van der Waals surface area contributed by atoms with Gasteiger partial charge in [-0.25, -0.2) is 18.6 Å². The number of carbonyl (C=O) groups is 2. The first kappa shape index (κ1) is 20.2. The highest BCUT2D eigenvalue weighted by Crippen LogP contribution is 2.26. The molecule has 1 amide bonds. The molecule has 0 bridgehead atoms. The van der Waals surface area contributed by atoms with Crippen molar-refractivity contribution in [2.75, 3.05) is 11.9 Å². The Balaban J connectivity index is 1.60. The number of aromatic nitrogens is 1. The molecule has 0 atom stereocenters. The van der Waals surface area contributed by atoms with E-state index in [4.69, 9.17) is 9.15 Å². The molecule has 0 saturated heterocycles. The normalized spacial score (nSPS) is 10.6. The van der Waals surface area contributed by atoms with E-state index in [2.05, 4.69) is 10.3 Å². The van der Waals surface area contributed by atoms with Crippen LogP contribution in [0.4, 0.5) is 14.5 Å². The fraction of sp³-hybridized carbons (Fsp3) is 0.190. The Morgan fingerprint density at radius 3 is 2.59 bits per heavy atom. The lowest BCUT2D eigenvalue weighted by atomic mass is 10.1. The molecule has 3 aromatic rings. The topological polar surface area (TPSA) is 81.4 Å². The smallest absolute Gasteiger partial charge is 0.338 e. The van der Waals surface area contributed by atoms with Gasteiger partial charge >= 0.3 is 5.97 Å². The third-order valence-electron chi connectivity index (χ3n) is 3.99. The van der Waals surface area contributed by atoms with E-state index in [0.717, 1.165) is 12.1 Å². The van der Waals surface area contributed by atoms with E-state index in [1.165, 1.54) is 18.3 Å². The lowest BCUT2D eigenvalue weighted by molar-refractivity contribution is -0.116. The maximum atomic E-state index is 13.8. The zero-order valence-corrected chi connectivity index (χ0v) is 15.6. The molecule has 2 aromatic carbocycles. The van der Waals surface area contributed by atoms with Crippen molar-refractivity contribution in [2.45, 2.75) is 19.8 Å². The predicted octanol–water partition coefficient (Wildman–Crippen LogP) is 4.37. The van der Waals surface area contributed by atoms with Crippen LogP contribution < -0.4 is 5.32 Å². The molecule has 6 nitrogen and oxygen atoms in total. The average Bonchev–Trinajstić information content (AvgIpc) is 3.15. The fourth-order valence-electron chi connectivity index (χ4n) is 2.66. The molecule has 0 fully saturated rings. The summed E-state index contributed by atoms with van der Waals surface area (Å²) in [7, 11) is 0. The van der Waals surface area contributed by atoms with E-state index in [9.17, 15) is 18.4 Å². The third kappa shape index (κ3) is 5.04. The zero-order chi connectivity index (χ0) is 20.8. The minimum atomic E-state index is -0.757. The Morgan fingerprint density at radius 2 is 1.86 bits per heavy atom. The summed E-state index contributed by atoms with van der Waals surface area (Å²) in [6.45, 7) is 1.96. The molecule has 0 spiro atoms. The quantitative estimate of drug-likeness (QED) is 0.596. The summed E-state index contributed by atoms with van der Waals surface area (Å²) in [5.74, 6) is -2.19. The van der Waals surface area contributed by atoms with Crippen LogP contribution >= 0.6 is 0 Å². The van der Waals surface area contributed by atoms with E-state index >= 15 is 0 Å². The number of hydrogen-bond donors (Lipinski definition) is 1. The van der Waals surface area contributed by atoms with Gasteiger partial charge in [0.05, 0.1) is 23.9 Å². The molecule has 8 heteroatoms. The first-order chi connectivity index (χ1) is 14.0. The van der Waals surface area contributed by atoms with Crippen LogP contribution in [0.5, 0.6) is 0 Å². The third-order valence-corrected chi connectivity index (χ3v) is 3.99. The molecule has 0 aliphatic rings. The Bertz CT molecular complexity index is 1010. The summed E-state index contributed by atoms with van der Waals surface area (Å²) in [4.78, 5) is 27.9. The number of nitrogens with zero attached hydrogens (tertiary/aromatic N) is 1. The Kier molecular flexibility index (Phi) is 6.33. The number of aryl methyl sites for hydroxylation is 1. The summed E-state index contributed by atoms with van der Waals surface area (Å²) in [5, 5.41) is 2.67. The summed E-state index contributed by atoms with van der Waals surface area (Å²) in [6, 6.07) is 9.88. The van der Waals surface area contributed by atoms with Crippen molar-refractivity contribution in [3.8, 4) is 11.3 Å². The van der Waals surface area contributed by atoms with E-state index < -0.39 is 17.6 Å². The summed E-state index contributed by atoms with van der Waals surface area (Å²) < 4.78 is 37.9. The monoisotopic (exact) mass is 400 g/mol. The molecular formula is C21H18F2N2O4. The maximum absolute atomic E-state index is 13.8. The van der Waals surface area contributed by atoms with Gasteiger partial charge in [0.15, 0.2) is 11.7 Å². The summed E-state index contributed by atoms with van der Waals surface area (Å²) in [6.07, 6.45) is 1.39. The van der Waals surface area contributed by atoms with Gasteiger partial charge in [-0.15, -0.1) is 0 Å². The molecule has 0 radical (unpaired) electrons. The van der Waals surface area contributed by atoms with Gasteiger partial charge < -0.3 is 14.5 Å². The molecule has 3 rings (SSSR count). The van der Waals surface area contributed by atoms with Crippen LogP contribution in [0.1, 0.15) is 29.6 Å². The van der Waals surface area contributed by atoms with Crippen molar-refractivity contribution in [2.24, 2.45) is 0 Å². The van der Waals surface area contributed by atoms with Gasteiger partial charge in [0.2, 0.25) is 5.91 Å². The molecule has 150 valence electrons. The van der Waals surface area contributed by atoms with Gasteiger partial charge in [-0.3, -0.25) is 4.79 Å². The highest BCUT2D eigenvalue weighted by molar-refractivity contribution is 5.94. The lowest BCUT2D eigenvalue weighted by Crippen LogP contribution is -2.13. The van der Waals surface area contributed by atoms with E-state index in [-0.39, 0.29) is 42.6 Å². The van der Waals surface area contributed by atoms with Gasteiger partial charge in [-0.1, -0.05) is 12.1 Å². The number of rotatable bonds is 7. The van der Waals surface area contributed by atoms with Crippen molar-refractivity contribution in [3.05, 3.63) is 71.8 Å². The molecule has 1 aromatic heterocycles. The second-order valence-electron chi connectivity index (χ2n) is 6.06. The minimum absolute atomic E-state index is 0.0311. The van der Waals surface area contributed by atoms with Gasteiger partial charge in [-0.05, 0) is 37.3 Å². The largest absolute Gasteiger partial charge is 0.462 e. The first-order valence-corrected chi connectivity index (χ1v) is 8.94. The standard InChI is InChI=1S/C21H18F2N2O4/c1-2-28-21(27)13-5-3-6-14(11-13)25-18(26)9-10-19-24-12-17(29-19)20-15(22)7-4-8-16(20)23/h3-8,11-12H,2,9-10H2,1H3,(H,25,26). The van der Waals surface area contributed by atoms with Crippen LogP contribution in [0.25, 0.3) is 11.3 Å². The molecule has 1 N–H and O–H groups in total. The van der Waals surface area contributed by atoms with Crippen molar-refractivity contribution < 1.29 is 27.5 Å². The van der Waals surface area contributed by atoms with Crippen LogP contribution in [-0.4, -0.2) is 23.5 Å². The molecule has 0 unspecified atom stereocenters. The summed E-state index contributed by atoms with van der Waals surface area (Å²) in [5.41, 5.74) is 0.475. The summed E-state index contributed by atoms with van der Waals surface area (Å²) >= 11 is 0. The van der Waals surface area contributed by atoms with E-state index in [1.807, 2.05) is 0 Å². The number of esters is 1. The number of halogens is 2. The number of benzene rings is 2. The number of ether oxygens (including phenoxy) is 1. The number of hydrogen-bond acceptors (Lipinski definition) is 5. The highest BCUT2D eigenvalue weighted by Gasteiger charge is 2.16. The molecule has 0 aliphatic carbocycles. The van der Waals surface area contributed by atoms with Gasteiger partial charge in [-0.2, -0.15) is 0 Å². The average molecular weight is 400 g/mol. The van der Waals surface area contributed by atoms with Crippen LogP contribution in [-0.2, 0) is 16.0 Å². The van der Waals surface area contributed by atoms with Gasteiger partial charge in [0, 0.05) is 18.5 Å². The van der Waals surface area contributed by atoms with Crippen LogP contribution in [0.3, 0.4) is 0 Å². The first-order valence-electron chi connectivity index (χ1n) is 8.94. The number of oxazole rings is 1. The van der Waals surface area contributed by atoms with E-state index in [1.54, 1.807) is 25.1 Å². The zero-order valence-electron chi connectivity index (χ0n) is 15.6. The number of nitrogens with one attached hydrogen (secondary N) is 1. The number of anilines is 1. The molecule has 0 saturated carbocycles. The van der Waals surface area contributed by atoms with Crippen molar-refractivity contribution in [1.29, 1.82) is 0 Å². The van der Waals surface area contributed by atoms with E-state index in [0.29, 0.717) is 11.3 Å².